The van der Waals surface area contributed by atoms with E-state index in [-0.39, 0.29) is 30.4 Å². The quantitative estimate of drug-likeness (QED) is 0.523. The van der Waals surface area contributed by atoms with Crippen LogP contribution in [0.15, 0.2) is 48.5 Å². The number of amides is 1. The Morgan fingerprint density at radius 1 is 0.971 bits per heavy atom. The molecule has 2 bridgehead atoms. The Hall–Kier alpha value is -1.80. The molecule has 2 aliphatic heterocycles. The van der Waals surface area contributed by atoms with Gasteiger partial charge in [-0.1, -0.05) is 18.2 Å². The lowest BCUT2D eigenvalue weighted by Crippen LogP contribution is -2.47. The van der Waals surface area contributed by atoms with Crippen molar-refractivity contribution in [3.63, 3.8) is 0 Å². The molecule has 0 aromatic heterocycles. The summed E-state index contributed by atoms with van der Waals surface area (Å²) >= 11 is 0. The number of carbonyl (C=O) groups is 1. The van der Waals surface area contributed by atoms with E-state index < -0.39 is 17.6 Å². The maximum absolute atomic E-state index is 12.9. The number of carbonyl (C=O) groups excluding carboxylic acids is 1. The lowest BCUT2D eigenvalue weighted by atomic mass is 9.98. The molecule has 4 nitrogen and oxygen atoms in total. The van der Waals surface area contributed by atoms with Crippen molar-refractivity contribution in [1.82, 2.24) is 10.2 Å². The average Bonchev–Trinajstić information content (AvgIpc) is 3.50. The van der Waals surface area contributed by atoms with Gasteiger partial charge in [-0.3, -0.25) is 4.79 Å². The van der Waals surface area contributed by atoms with Gasteiger partial charge in [0.1, 0.15) is 0 Å². The van der Waals surface area contributed by atoms with E-state index in [1.165, 1.54) is 43.4 Å². The minimum absolute atomic E-state index is 0. The summed E-state index contributed by atoms with van der Waals surface area (Å²) in [5.74, 6) is -0.0627. The van der Waals surface area contributed by atoms with E-state index in [9.17, 15) is 18.0 Å². The molecule has 1 saturated carbocycles. The van der Waals surface area contributed by atoms with Crippen LogP contribution in [0.3, 0.4) is 0 Å². The number of benzene rings is 2. The molecule has 1 aliphatic carbocycles. The third-order valence-corrected chi connectivity index (χ3v) is 7.39. The third-order valence-electron chi connectivity index (χ3n) is 7.39. The molecule has 2 N–H and O–H groups in total. The van der Waals surface area contributed by atoms with Gasteiger partial charge in [0.05, 0.1) is 5.56 Å². The van der Waals surface area contributed by atoms with Crippen molar-refractivity contribution in [3.8, 4) is 0 Å². The average molecular weight is 516 g/mol. The molecule has 2 saturated heterocycles. The molecular formula is C25H30Cl2F3N3O. The van der Waals surface area contributed by atoms with Gasteiger partial charge in [-0.05, 0) is 75.0 Å². The zero-order valence-corrected chi connectivity index (χ0v) is 20.5. The molecule has 4 atom stereocenters. The van der Waals surface area contributed by atoms with Crippen molar-refractivity contribution < 1.29 is 18.0 Å². The molecule has 3 fully saturated rings. The fourth-order valence-corrected chi connectivity index (χ4v) is 5.45. The highest BCUT2D eigenvalue weighted by atomic mass is 35.5. The summed E-state index contributed by atoms with van der Waals surface area (Å²) in [6.45, 7) is 0. The van der Waals surface area contributed by atoms with E-state index in [1.54, 1.807) is 0 Å². The van der Waals surface area contributed by atoms with Crippen LogP contribution in [0.5, 0.6) is 0 Å². The molecular weight excluding hydrogens is 486 g/mol. The standard InChI is InChI=1S/C25H28F3N3O.2ClH/c1-31-20-9-10-21(31)13-19(12-20)29-23-14-22(23)15-5-7-18(8-6-15)30-24(32)16-3-2-4-17(11-16)25(26,27)28;;/h2-8,11,19-23,29H,9-10,12-14H2,1H3,(H,30,32);2*1H/t20-,21-,22?,23?;;/m1../s1. The third kappa shape index (κ3) is 5.70. The van der Waals surface area contributed by atoms with E-state index in [2.05, 4.69) is 22.6 Å². The summed E-state index contributed by atoms with van der Waals surface area (Å²) in [5.41, 5.74) is 0.969. The van der Waals surface area contributed by atoms with Gasteiger partial charge in [-0.2, -0.15) is 13.2 Å². The van der Waals surface area contributed by atoms with Crippen LogP contribution < -0.4 is 10.6 Å². The summed E-state index contributed by atoms with van der Waals surface area (Å²) in [6.07, 6.45) is 1.76. The normalized spacial score (nSPS) is 27.9. The number of nitrogens with zero attached hydrogens (tertiary/aromatic N) is 1. The Morgan fingerprint density at radius 2 is 1.62 bits per heavy atom. The van der Waals surface area contributed by atoms with Crippen LogP contribution in [-0.2, 0) is 6.18 Å². The Morgan fingerprint density at radius 3 is 2.24 bits per heavy atom. The second kappa shape index (κ2) is 10.4. The molecule has 2 aromatic rings. The zero-order chi connectivity index (χ0) is 22.5. The van der Waals surface area contributed by atoms with E-state index in [0.29, 0.717) is 23.7 Å². The summed E-state index contributed by atoms with van der Waals surface area (Å²) in [7, 11) is 2.26. The van der Waals surface area contributed by atoms with Crippen molar-refractivity contribution in [2.45, 2.75) is 68.4 Å². The molecule has 5 rings (SSSR count). The number of alkyl halides is 3. The summed E-state index contributed by atoms with van der Waals surface area (Å²) < 4.78 is 38.6. The minimum atomic E-state index is -4.47. The van der Waals surface area contributed by atoms with Crippen molar-refractivity contribution >= 4 is 36.4 Å². The highest BCUT2D eigenvalue weighted by Gasteiger charge is 2.43. The van der Waals surface area contributed by atoms with Crippen molar-refractivity contribution in [2.75, 3.05) is 12.4 Å². The first-order valence-electron chi connectivity index (χ1n) is 11.3. The van der Waals surface area contributed by atoms with Crippen LogP contribution in [-0.4, -0.2) is 42.0 Å². The number of hydrogen-bond acceptors (Lipinski definition) is 3. The molecule has 3 aliphatic rings. The maximum Gasteiger partial charge on any atom is 0.416 e. The number of nitrogens with one attached hydrogen (secondary N) is 2. The van der Waals surface area contributed by atoms with Gasteiger partial charge < -0.3 is 15.5 Å². The van der Waals surface area contributed by atoms with Crippen LogP contribution in [0.1, 0.15) is 59.5 Å². The van der Waals surface area contributed by atoms with Crippen LogP contribution in [0.4, 0.5) is 18.9 Å². The highest BCUT2D eigenvalue weighted by Crippen LogP contribution is 2.43. The fourth-order valence-electron chi connectivity index (χ4n) is 5.45. The second-order valence-electron chi connectivity index (χ2n) is 9.49. The van der Waals surface area contributed by atoms with Crippen LogP contribution >= 0.6 is 24.8 Å². The second-order valence-corrected chi connectivity index (χ2v) is 9.49. The summed E-state index contributed by atoms with van der Waals surface area (Å²) in [4.78, 5) is 14.9. The molecule has 2 unspecified atom stereocenters. The molecule has 2 heterocycles. The molecule has 9 heteroatoms. The zero-order valence-electron chi connectivity index (χ0n) is 18.8. The van der Waals surface area contributed by atoms with Crippen LogP contribution in [0.25, 0.3) is 0 Å². The van der Waals surface area contributed by atoms with Gasteiger partial charge in [0.25, 0.3) is 5.91 Å². The molecule has 0 spiro atoms. The highest BCUT2D eigenvalue weighted by molar-refractivity contribution is 6.04. The van der Waals surface area contributed by atoms with Gasteiger partial charge in [0, 0.05) is 41.3 Å². The summed E-state index contributed by atoms with van der Waals surface area (Å²) in [6, 6.07) is 14.7. The fraction of sp³-hybridized carbons (Fsp3) is 0.480. The van der Waals surface area contributed by atoms with Crippen LogP contribution in [0.2, 0.25) is 0 Å². The number of anilines is 1. The van der Waals surface area contributed by atoms with E-state index in [1.807, 2.05) is 24.3 Å². The Balaban J connectivity index is 0.00000162. The SMILES string of the molecule is CN1[C@@H]2CC[C@@H]1CC(NC1CC1c1ccc(NC(=O)c3cccc(C(F)(F)F)c3)cc1)C2.Cl.Cl. The smallest absolute Gasteiger partial charge is 0.322 e. The van der Waals surface area contributed by atoms with Gasteiger partial charge in [0.2, 0.25) is 0 Å². The van der Waals surface area contributed by atoms with Crippen molar-refractivity contribution in [3.05, 3.63) is 65.2 Å². The number of piperidine rings is 1. The lowest BCUT2D eigenvalue weighted by molar-refractivity contribution is -0.137. The van der Waals surface area contributed by atoms with Gasteiger partial charge in [-0.15, -0.1) is 24.8 Å². The number of hydrogen-bond donors (Lipinski definition) is 2. The van der Waals surface area contributed by atoms with Gasteiger partial charge in [-0.25, -0.2) is 0 Å². The van der Waals surface area contributed by atoms with E-state index in [4.69, 9.17) is 0 Å². The minimum Gasteiger partial charge on any atom is -0.322 e. The first kappa shape index (κ1) is 26.8. The lowest BCUT2D eigenvalue weighted by Gasteiger charge is -2.37. The monoisotopic (exact) mass is 515 g/mol. The van der Waals surface area contributed by atoms with Gasteiger partial charge >= 0.3 is 6.18 Å². The molecule has 34 heavy (non-hydrogen) atoms. The first-order chi connectivity index (χ1) is 15.3. The number of halogens is 5. The summed E-state index contributed by atoms with van der Waals surface area (Å²) in [5, 5.41) is 6.55. The first-order valence-corrected chi connectivity index (χ1v) is 11.3. The Bertz CT molecular complexity index is 988. The predicted octanol–water partition coefficient (Wildman–Crippen LogP) is 5.87. The number of rotatable bonds is 5. The molecule has 1 amide bonds. The largest absolute Gasteiger partial charge is 0.416 e. The van der Waals surface area contributed by atoms with E-state index >= 15 is 0 Å². The van der Waals surface area contributed by atoms with Crippen molar-refractivity contribution in [2.24, 2.45) is 0 Å². The Kier molecular flexibility index (Phi) is 8.23. The molecule has 2 aromatic carbocycles. The molecule has 0 radical (unpaired) electrons. The predicted molar refractivity (Wildman–Crippen MR) is 132 cm³/mol. The number of fused-ring (bicyclic) bond motifs is 2. The Labute approximate surface area is 210 Å². The maximum atomic E-state index is 12.9. The van der Waals surface area contributed by atoms with Crippen LogP contribution in [0, 0.1) is 0 Å². The topological polar surface area (TPSA) is 44.4 Å². The molecule has 186 valence electrons. The van der Waals surface area contributed by atoms with Gasteiger partial charge in [0.15, 0.2) is 0 Å². The van der Waals surface area contributed by atoms with Crippen molar-refractivity contribution in [1.29, 1.82) is 0 Å². The van der Waals surface area contributed by atoms with E-state index in [0.717, 1.165) is 30.6 Å².